The normalized spacial score (nSPS) is 15.8. The average Bonchev–Trinajstić information content (AvgIpc) is 3.04. The molecule has 0 bridgehead atoms. The Balaban J connectivity index is 1.62. The molecule has 0 saturated heterocycles. The van der Waals surface area contributed by atoms with Crippen LogP contribution in [0.1, 0.15) is 46.9 Å². The highest BCUT2D eigenvalue weighted by molar-refractivity contribution is 7.12. The number of rotatable bonds is 5. The van der Waals surface area contributed by atoms with Crippen LogP contribution in [0.2, 0.25) is 0 Å². The second kappa shape index (κ2) is 5.29. The van der Waals surface area contributed by atoms with Crippen molar-refractivity contribution in [1.82, 2.24) is 5.32 Å². The first-order chi connectivity index (χ1) is 8.86. The Morgan fingerprint density at radius 1 is 1.44 bits per heavy atom. The van der Waals surface area contributed by atoms with E-state index in [1.165, 1.54) is 24.1 Å². The zero-order valence-electron chi connectivity index (χ0n) is 10.7. The van der Waals surface area contributed by atoms with Gasteiger partial charge in [0.15, 0.2) is 0 Å². The zero-order chi connectivity index (χ0) is 12.4. The molecule has 0 spiro atoms. The van der Waals surface area contributed by atoms with E-state index in [0.29, 0.717) is 6.04 Å². The van der Waals surface area contributed by atoms with Gasteiger partial charge >= 0.3 is 0 Å². The minimum Gasteiger partial charge on any atom is -0.468 e. The van der Waals surface area contributed by atoms with Crippen LogP contribution in [0.3, 0.4) is 0 Å². The first-order valence-corrected chi connectivity index (χ1v) is 7.55. The van der Waals surface area contributed by atoms with E-state index >= 15 is 0 Å². The molecule has 3 rings (SSSR count). The van der Waals surface area contributed by atoms with Crippen molar-refractivity contribution in [3.63, 3.8) is 0 Å². The largest absolute Gasteiger partial charge is 0.468 e. The van der Waals surface area contributed by atoms with E-state index in [2.05, 4.69) is 24.4 Å². The van der Waals surface area contributed by atoms with Gasteiger partial charge in [-0.1, -0.05) is 6.92 Å². The van der Waals surface area contributed by atoms with Crippen molar-refractivity contribution < 1.29 is 4.42 Å². The van der Waals surface area contributed by atoms with E-state index in [0.717, 1.165) is 18.7 Å². The molecule has 2 nitrogen and oxygen atoms in total. The molecule has 1 N–H and O–H groups in total. The molecular formula is C15H19NOS. The summed E-state index contributed by atoms with van der Waals surface area (Å²) < 4.78 is 5.48. The highest BCUT2D eigenvalue weighted by Crippen LogP contribution is 2.31. The highest BCUT2D eigenvalue weighted by atomic mass is 32.1. The summed E-state index contributed by atoms with van der Waals surface area (Å²) in [5.41, 5.74) is 1.59. The fourth-order valence-corrected chi connectivity index (χ4v) is 3.85. The van der Waals surface area contributed by atoms with Crippen LogP contribution in [0.15, 0.2) is 28.9 Å². The van der Waals surface area contributed by atoms with E-state index in [1.807, 2.05) is 17.4 Å². The van der Waals surface area contributed by atoms with Crippen molar-refractivity contribution in [2.45, 2.75) is 45.2 Å². The molecule has 0 aliphatic heterocycles. The summed E-state index contributed by atoms with van der Waals surface area (Å²) in [6.07, 6.45) is 6.72. The lowest BCUT2D eigenvalue weighted by Gasteiger charge is -2.13. The molecule has 1 aliphatic carbocycles. The number of hydrogen-bond acceptors (Lipinski definition) is 3. The second-order valence-corrected chi connectivity index (χ2v) is 6.09. The predicted octanol–water partition coefficient (Wildman–Crippen LogP) is 4.07. The zero-order valence-corrected chi connectivity index (χ0v) is 11.6. The van der Waals surface area contributed by atoms with Gasteiger partial charge in [-0.2, -0.15) is 0 Å². The van der Waals surface area contributed by atoms with Crippen molar-refractivity contribution >= 4 is 11.3 Å². The van der Waals surface area contributed by atoms with Gasteiger partial charge in [-0.3, -0.25) is 0 Å². The highest BCUT2D eigenvalue weighted by Gasteiger charge is 2.16. The van der Waals surface area contributed by atoms with Crippen LogP contribution in [-0.2, 0) is 19.4 Å². The Morgan fingerprint density at radius 3 is 3.11 bits per heavy atom. The molecule has 0 fully saturated rings. The van der Waals surface area contributed by atoms with Crippen molar-refractivity contribution in [2.75, 3.05) is 0 Å². The van der Waals surface area contributed by atoms with Crippen LogP contribution in [0.4, 0.5) is 0 Å². The molecule has 3 heteroatoms. The van der Waals surface area contributed by atoms with Gasteiger partial charge in [0, 0.05) is 16.3 Å². The summed E-state index contributed by atoms with van der Waals surface area (Å²) in [7, 11) is 0. The molecule has 0 amide bonds. The molecule has 1 atom stereocenters. The lowest BCUT2D eigenvalue weighted by Crippen LogP contribution is -2.19. The minimum absolute atomic E-state index is 0.331. The second-order valence-electron chi connectivity index (χ2n) is 4.87. The standard InChI is InChI=1S/C15H19NOS/c1-2-13(14-6-4-8-17-14)16-10-12-9-11-5-3-7-15(11)18-12/h4,6,8-9,13,16H,2-3,5,7,10H2,1H3. The smallest absolute Gasteiger partial charge is 0.120 e. The van der Waals surface area contributed by atoms with Gasteiger partial charge < -0.3 is 9.73 Å². The van der Waals surface area contributed by atoms with Crippen molar-refractivity contribution in [2.24, 2.45) is 0 Å². The molecule has 0 saturated carbocycles. The summed E-state index contributed by atoms with van der Waals surface area (Å²) in [4.78, 5) is 3.07. The molecule has 0 aromatic carbocycles. The van der Waals surface area contributed by atoms with E-state index in [9.17, 15) is 0 Å². The average molecular weight is 261 g/mol. The molecule has 2 aromatic rings. The Morgan fingerprint density at radius 2 is 2.39 bits per heavy atom. The lowest BCUT2D eigenvalue weighted by molar-refractivity contribution is 0.404. The lowest BCUT2D eigenvalue weighted by atomic mass is 10.1. The summed E-state index contributed by atoms with van der Waals surface area (Å²) in [6.45, 7) is 3.14. The van der Waals surface area contributed by atoms with E-state index in [4.69, 9.17) is 4.42 Å². The van der Waals surface area contributed by atoms with Gasteiger partial charge in [0.2, 0.25) is 0 Å². The number of nitrogens with one attached hydrogen (secondary N) is 1. The number of furan rings is 1. The molecule has 1 aliphatic rings. The van der Waals surface area contributed by atoms with Crippen LogP contribution in [0, 0.1) is 0 Å². The fourth-order valence-electron chi connectivity index (χ4n) is 2.64. The van der Waals surface area contributed by atoms with Crippen LogP contribution in [-0.4, -0.2) is 0 Å². The maximum Gasteiger partial charge on any atom is 0.120 e. The molecule has 1 unspecified atom stereocenters. The Kier molecular flexibility index (Phi) is 3.52. The van der Waals surface area contributed by atoms with E-state index in [-0.39, 0.29) is 0 Å². The maximum atomic E-state index is 5.48. The van der Waals surface area contributed by atoms with E-state index in [1.54, 1.807) is 16.7 Å². The maximum absolute atomic E-state index is 5.48. The summed E-state index contributed by atoms with van der Waals surface area (Å²) >= 11 is 1.98. The monoisotopic (exact) mass is 261 g/mol. The van der Waals surface area contributed by atoms with Gasteiger partial charge in [0.05, 0.1) is 12.3 Å². The quantitative estimate of drug-likeness (QED) is 0.877. The molecule has 2 heterocycles. The SMILES string of the molecule is CCC(NCc1cc2c(s1)CCC2)c1ccco1. The number of hydrogen-bond donors (Lipinski definition) is 1. The topological polar surface area (TPSA) is 25.2 Å². The molecular weight excluding hydrogens is 242 g/mol. The van der Waals surface area contributed by atoms with Crippen molar-refractivity contribution in [3.05, 3.63) is 45.5 Å². The fraction of sp³-hybridized carbons (Fsp3) is 0.467. The molecule has 96 valence electrons. The number of aryl methyl sites for hydroxylation is 2. The van der Waals surface area contributed by atoms with Crippen molar-refractivity contribution in [1.29, 1.82) is 0 Å². The van der Waals surface area contributed by atoms with Gasteiger partial charge in [0.25, 0.3) is 0 Å². The Hall–Kier alpha value is -1.06. The van der Waals surface area contributed by atoms with Gasteiger partial charge in [0.1, 0.15) is 5.76 Å². The summed E-state index contributed by atoms with van der Waals surface area (Å²) in [5, 5.41) is 3.59. The van der Waals surface area contributed by atoms with Gasteiger partial charge in [-0.25, -0.2) is 0 Å². The summed E-state index contributed by atoms with van der Waals surface area (Å²) in [6, 6.07) is 6.72. The molecule has 2 aromatic heterocycles. The third-order valence-electron chi connectivity index (χ3n) is 3.62. The first-order valence-electron chi connectivity index (χ1n) is 6.74. The molecule has 18 heavy (non-hydrogen) atoms. The molecule has 0 radical (unpaired) electrons. The summed E-state index contributed by atoms with van der Waals surface area (Å²) in [5.74, 6) is 1.04. The van der Waals surface area contributed by atoms with Gasteiger partial charge in [-0.05, 0) is 49.4 Å². The van der Waals surface area contributed by atoms with E-state index < -0.39 is 0 Å². The van der Waals surface area contributed by atoms with Crippen LogP contribution in [0.25, 0.3) is 0 Å². The first kappa shape index (κ1) is 12.0. The number of fused-ring (bicyclic) bond motifs is 1. The third kappa shape index (κ3) is 2.38. The van der Waals surface area contributed by atoms with Crippen LogP contribution < -0.4 is 5.32 Å². The Bertz CT molecular complexity index is 479. The Labute approximate surface area is 112 Å². The number of thiophene rings is 1. The third-order valence-corrected chi connectivity index (χ3v) is 4.85. The van der Waals surface area contributed by atoms with Crippen LogP contribution >= 0.6 is 11.3 Å². The van der Waals surface area contributed by atoms with Crippen molar-refractivity contribution in [3.8, 4) is 0 Å². The minimum atomic E-state index is 0.331. The predicted molar refractivity (Wildman–Crippen MR) is 74.9 cm³/mol. The van der Waals surface area contributed by atoms with Crippen LogP contribution in [0.5, 0.6) is 0 Å². The van der Waals surface area contributed by atoms with Gasteiger partial charge in [-0.15, -0.1) is 11.3 Å².